The van der Waals surface area contributed by atoms with Crippen molar-refractivity contribution in [3.05, 3.63) is 29.8 Å². The van der Waals surface area contributed by atoms with Crippen LogP contribution in [0.15, 0.2) is 22.5 Å². The minimum atomic E-state index is -3.97. The van der Waals surface area contributed by atoms with Gasteiger partial charge in [0.15, 0.2) is 4.34 Å². The lowest BCUT2D eigenvalue weighted by Gasteiger charge is -2.22. The summed E-state index contributed by atoms with van der Waals surface area (Å²) in [7, 11) is -3.97. The van der Waals surface area contributed by atoms with Gasteiger partial charge in [-0.05, 0) is 18.6 Å². The maximum absolute atomic E-state index is 13.9. The number of hydrogen-bond acceptors (Lipinski definition) is 7. The summed E-state index contributed by atoms with van der Waals surface area (Å²) in [6.07, 6.45) is 1.78. The van der Waals surface area contributed by atoms with E-state index in [1.807, 2.05) is 6.92 Å². The monoisotopic (exact) mass is 422 g/mol. The molecule has 0 saturated carbocycles. The molecule has 0 bridgehead atoms. The minimum absolute atomic E-state index is 0.210. The smallest absolute Gasteiger partial charge is 0.246 e. The fourth-order valence-electron chi connectivity index (χ4n) is 1.86. The van der Waals surface area contributed by atoms with Crippen LogP contribution in [-0.4, -0.2) is 43.1 Å². The number of thioether (sulfide) groups is 1. The quantitative estimate of drug-likeness (QED) is 0.519. The molecular formula is C14H16F2N4O3S3. The summed E-state index contributed by atoms with van der Waals surface area (Å²) in [6, 6.07) is 2.42. The SMILES string of the molecule is CCCSc1nnc(NC(=O)CN(c2ccc(F)cc2F)S(C)(=O)=O)s1. The molecule has 26 heavy (non-hydrogen) atoms. The van der Waals surface area contributed by atoms with Crippen molar-refractivity contribution in [2.75, 3.05) is 28.2 Å². The van der Waals surface area contributed by atoms with E-state index in [2.05, 4.69) is 15.5 Å². The zero-order chi connectivity index (χ0) is 19.3. The largest absolute Gasteiger partial charge is 0.299 e. The molecule has 1 amide bonds. The van der Waals surface area contributed by atoms with E-state index < -0.39 is 39.8 Å². The molecule has 142 valence electrons. The molecular weight excluding hydrogens is 406 g/mol. The summed E-state index contributed by atoms with van der Waals surface area (Å²) < 4.78 is 52.1. The zero-order valence-electron chi connectivity index (χ0n) is 13.9. The number of carbonyl (C=O) groups excluding carboxylic acids is 1. The van der Waals surface area contributed by atoms with Gasteiger partial charge in [0.25, 0.3) is 0 Å². The Morgan fingerprint density at radius 1 is 1.35 bits per heavy atom. The Labute approximate surface area is 157 Å². The van der Waals surface area contributed by atoms with Crippen LogP contribution in [0.2, 0.25) is 0 Å². The molecule has 2 rings (SSSR count). The molecule has 0 aliphatic carbocycles. The van der Waals surface area contributed by atoms with E-state index in [0.717, 1.165) is 41.9 Å². The van der Waals surface area contributed by atoms with Gasteiger partial charge in [-0.2, -0.15) is 0 Å². The standard InChI is InChI=1S/C14H16F2N4O3S3/c1-3-6-24-14-19-18-13(25-14)17-12(21)8-20(26(2,22)23)11-5-4-9(15)7-10(11)16/h4-5,7H,3,6,8H2,1-2H3,(H,17,18,21). The number of rotatable bonds is 8. The lowest BCUT2D eigenvalue weighted by atomic mass is 10.3. The van der Waals surface area contributed by atoms with Crippen LogP contribution in [0.4, 0.5) is 19.6 Å². The average Bonchev–Trinajstić information content (AvgIpc) is 2.97. The van der Waals surface area contributed by atoms with Gasteiger partial charge in [-0.3, -0.25) is 14.4 Å². The second kappa shape index (κ2) is 8.73. The van der Waals surface area contributed by atoms with E-state index in [1.165, 1.54) is 11.8 Å². The predicted octanol–water partition coefficient (Wildman–Crippen LogP) is 2.72. The fraction of sp³-hybridized carbons (Fsp3) is 0.357. The van der Waals surface area contributed by atoms with Gasteiger partial charge in [0.2, 0.25) is 21.1 Å². The molecule has 1 aromatic heterocycles. The molecule has 2 aromatic rings. The van der Waals surface area contributed by atoms with Crippen LogP contribution in [0.3, 0.4) is 0 Å². The number of benzene rings is 1. The van der Waals surface area contributed by atoms with Gasteiger partial charge < -0.3 is 0 Å². The number of halogens is 2. The van der Waals surface area contributed by atoms with Gasteiger partial charge in [-0.1, -0.05) is 30.0 Å². The van der Waals surface area contributed by atoms with Crippen LogP contribution >= 0.6 is 23.1 Å². The third kappa shape index (κ3) is 5.61. The summed E-state index contributed by atoms with van der Waals surface area (Å²) in [5.74, 6) is -1.80. The first-order valence-electron chi connectivity index (χ1n) is 7.39. The second-order valence-corrected chi connectivity index (χ2v) is 9.36. The van der Waals surface area contributed by atoms with Gasteiger partial charge in [0, 0.05) is 11.8 Å². The third-order valence-electron chi connectivity index (χ3n) is 2.95. The van der Waals surface area contributed by atoms with Crippen LogP contribution in [0.25, 0.3) is 0 Å². The summed E-state index contributed by atoms with van der Waals surface area (Å²) in [5.41, 5.74) is -0.416. The van der Waals surface area contributed by atoms with E-state index in [9.17, 15) is 22.0 Å². The van der Waals surface area contributed by atoms with Crippen molar-refractivity contribution in [3.63, 3.8) is 0 Å². The first-order chi connectivity index (χ1) is 12.2. The molecule has 1 aromatic carbocycles. The van der Waals surface area contributed by atoms with Crippen LogP contribution < -0.4 is 9.62 Å². The molecule has 0 aliphatic heterocycles. The Bertz CT molecular complexity index is 889. The van der Waals surface area contributed by atoms with Crippen LogP contribution in [-0.2, 0) is 14.8 Å². The normalized spacial score (nSPS) is 11.4. The number of carbonyl (C=O) groups is 1. The predicted molar refractivity (Wildman–Crippen MR) is 98.1 cm³/mol. The van der Waals surface area contributed by atoms with E-state index in [-0.39, 0.29) is 5.13 Å². The number of nitrogens with zero attached hydrogens (tertiary/aromatic N) is 3. The van der Waals surface area contributed by atoms with Crippen molar-refractivity contribution in [2.24, 2.45) is 0 Å². The van der Waals surface area contributed by atoms with Crippen LogP contribution in [0, 0.1) is 11.6 Å². The number of amides is 1. The maximum Gasteiger partial charge on any atom is 0.246 e. The first-order valence-corrected chi connectivity index (χ1v) is 11.0. The third-order valence-corrected chi connectivity index (χ3v) is 6.25. The van der Waals surface area contributed by atoms with Crippen molar-refractivity contribution in [1.29, 1.82) is 0 Å². The fourth-order valence-corrected chi connectivity index (χ4v) is 4.41. The highest BCUT2D eigenvalue weighted by Crippen LogP contribution is 2.26. The van der Waals surface area contributed by atoms with Gasteiger partial charge in [0.05, 0.1) is 11.9 Å². The van der Waals surface area contributed by atoms with Crippen molar-refractivity contribution < 1.29 is 22.0 Å². The van der Waals surface area contributed by atoms with E-state index in [1.54, 1.807) is 0 Å². The highest BCUT2D eigenvalue weighted by Gasteiger charge is 2.24. The van der Waals surface area contributed by atoms with Crippen molar-refractivity contribution >= 4 is 49.8 Å². The van der Waals surface area contributed by atoms with Gasteiger partial charge >= 0.3 is 0 Å². The van der Waals surface area contributed by atoms with Gasteiger partial charge in [-0.25, -0.2) is 17.2 Å². The molecule has 0 atom stereocenters. The lowest BCUT2D eigenvalue weighted by molar-refractivity contribution is -0.114. The van der Waals surface area contributed by atoms with Gasteiger partial charge in [-0.15, -0.1) is 10.2 Å². The Morgan fingerprint density at radius 3 is 2.69 bits per heavy atom. The molecule has 0 saturated heterocycles. The van der Waals surface area contributed by atoms with Crippen LogP contribution in [0.5, 0.6) is 0 Å². The average molecular weight is 423 g/mol. The highest BCUT2D eigenvalue weighted by atomic mass is 32.2. The first kappa shape index (κ1) is 20.5. The van der Waals surface area contributed by atoms with E-state index in [4.69, 9.17) is 0 Å². The molecule has 0 fully saturated rings. The number of hydrogen-bond donors (Lipinski definition) is 1. The Hall–Kier alpha value is -1.79. The lowest BCUT2D eigenvalue weighted by Crippen LogP contribution is -2.38. The van der Waals surface area contributed by atoms with Crippen LogP contribution in [0.1, 0.15) is 13.3 Å². The van der Waals surface area contributed by atoms with Crippen molar-refractivity contribution in [3.8, 4) is 0 Å². The van der Waals surface area contributed by atoms with E-state index in [0.29, 0.717) is 14.7 Å². The summed E-state index contributed by atoms with van der Waals surface area (Å²) in [6.45, 7) is 1.34. The molecule has 7 nitrogen and oxygen atoms in total. The van der Waals surface area contributed by atoms with Crippen molar-refractivity contribution in [1.82, 2.24) is 10.2 Å². The zero-order valence-corrected chi connectivity index (χ0v) is 16.3. The number of anilines is 2. The summed E-state index contributed by atoms with van der Waals surface area (Å²) >= 11 is 2.64. The molecule has 0 radical (unpaired) electrons. The molecule has 0 unspecified atom stereocenters. The van der Waals surface area contributed by atoms with E-state index >= 15 is 0 Å². The number of aromatic nitrogens is 2. The highest BCUT2D eigenvalue weighted by molar-refractivity contribution is 8.01. The minimum Gasteiger partial charge on any atom is -0.299 e. The summed E-state index contributed by atoms with van der Waals surface area (Å²) in [4.78, 5) is 12.2. The topological polar surface area (TPSA) is 92.3 Å². The van der Waals surface area contributed by atoms with Crippen molar-refractivity contribution in [2.45, 2.75) is 17.7 Å². The summed E-state index contributed by atoms with van der Waals surface area (Å²) in [5, 5.41) is 10.3. The van der Waals surface area contributed by atoms with Gasteiger partial charge in [0.1, 0.15) is 18.2 Å². The molecule has 0 aliphatic rings. The Balaban J connectivity index is 2.13. The second-order valence-electron chi connectivity index (χ2n) is 5.14. The molecule has 1 N–H and O–H groups in total. The maximum atomic E-state index is 13.9. The molecule has 1 heterocycles. The Morgan fingerprint density at radius 2 is 2.08 bits per heavy atom. The number of nitrogens with one attached hydrogen (secondary N) is 1. The Kier molecular flexibility index (Phi) is 6.89. The number of sulfonamides is 1. The molecule has 12 heteroatoms. The molecule has 0 spiro atoms.